The van der Waals surface area contributed by atoms with Gasteiger partial charge in [-0.05, 0) is 18.1 Å². The zero-order valence-corrected chi connectivity index (χ0v) is 9.89. The highest BCUT2D eigenvalue weighted by Gasteiger charge is 2.58. The third-order valence-electron chi connectivity index (χ3n) is 2.68. The molecule has 1 unspecified atom stereocenters. The standard InChI is InChI=1S/C12H13F5O/c1-8-5-3-4-6-9(8)10(18-2)7-11(13,14)12(15,16)17/h3-6,10H,7H2,1-2H3. The lowest BCUT2D eigenvalue weighted by atomic mass is 9.98. The summed E-state index contributed by atoms with van der Waals surface area (Å²) in [6.07, 6.45) is -8.27. The maximum Gasteiger partial charge on any atom is 0.453 e. The van der Waals surface area contributed by atoms with Crippen LogP contribution in [-0.4, -0.2) is 19.2 Å². The Bertz CT molecular complexity index is 400. The van der Waals surface area contributed by atoms with E-state index in [0.717, 1.165) is 7.11 Å². The SMILES string of the molecule is COC(CC(F)(F)C(F)(F)F)c1ccccc1C. The number of halogens is 5. The second-order valence-corrected chi connectivity index (χ2v) is 3.99. The summed E-state index contributed by atoms with van der Waals surface area (Å²) in [6, 6.07) is 6.36. The molecule has 0 heterocycles. The molecule has 0 aliphatic rings. The van der Waals surface area contributed by atoms with Gasteiger partial charge in [-0.15, -0.1) is 0 Å². The van der Waals surface area contributed by atoms with E-state index in [4.69, 9.17) is 4.74 Å². The molecule has 0 fully saturated rings. The van der Waals surface area contributed by atoms with Crippen molar-refractivity contribution in [3.63, 3.8) is 0 Å². The number of methoxy groups -OCH3 is 1. The molecule has 1 nitrogen and oxygen atoms in total. The first-order valence-corrected chi connectivity index (χ1v) is 5.22. The Morgan fingerprint density at radius 1 is 1.11 bits per heavy atom. The van der Waals surface area contributed by atoms with Crippen LogP contribution in [0.4, 0.5) is 22.0 Å². The van der Waals surface area contributed by atoms with Gasteiger partial charge in [0, 0.05) is 7.11 Å². The van der Waals surface area contributed by atoms with Crippen molar-refractivity contribution < 1.29 is 26.7 Å². The summed E-state index contributed by atoms with van der Waals surface area (Å²) < 4.78 is 67.2. The fourth-order valence-corrected chi connectivity index (χ4v) is 1.62. The van der Waals surface area contributed by atoms with E-state index in [9.17, 15) is 22.0 Å². The minimum Gasteiger partial charge on any atom is -0.377 e. The molecule has 0 amide bonds. The van der Waals surface area contributed by atoms with Crippen molar-refractivity contribution in [1.82, 2.24) is 0 Å². The normalized spacial score (nSPS) is 14.6. The molecule has 1 aromatic rings. The average Bonchev–Trinajstić information content (AvgIpc) is 2.25. The molecule has 0 bridgehead atoms. The first kappa shape index (κ1) is 14.9. The molecular weight excluding hydrogens is 255 g/mol. The zero-order chi connectivity index (χ0) is 14.0. The van der Waals surface area contributed by atoms with E-state index in [1.165, 1.54) is 6.07 Å². The lowest BCUT2D eigenvalue weighted by Gasteiger charge is -2.25. The molecule has 0 aliphatic carbocycles. The molecule has 0 saturated heterocycles. The van der Waals surface area contributed by atoms with Gasteiger partial charge in [-0.2, -0.15) is 22.0 Å². The van der Waals surface area contributed by atoms with Gasteiger partial charge in [0.15, 0.2) is 0 Å². The van der Waals surface area contributed by atoms with Crippen LogP contribution in [0.15, 0.2) is 24.3 Å². The summed E-state index contributed by atoms with van der Waals surface area (Å²) in [5.41, 5.74) is 0.950. The Balaban J connectivity index is 2.97. The van der Waals surface area contributed by atoms with Crippen molar-refractivity contribution >= 4 is 0 Å². The topological polar surface area (TPSA) is 9.23 Å². The number of rotatable bonds is 4. The third kappa shape index (κ3) is 3.19. The lowest BCUT2D eigenvalue weighted by Crippen LogP contribution is -2.38. The average molecular weight is 268 g/mol. The number of alkyl halides is 5. The molecule has 1 atom stereocenters. The first-order chi connectivity index (χ1) is 8.19. The Labute approximate surface area is 102 Å². The second kappa shape index (κ2) is 5.22. The summed E-state index contributed by atoms with van der Waals surface area (Å²) in [4.78, 5) is 0. The molecule has 1 rings (SSSR count). The predicted octanol–water partition coefficient (Wildman–Crippen LogP) is 4.27. The number of hydrogen-bond donors (Lipinski definition) is 0. The number of ether oxygens (including phenoxy) is 1. The van der Waals surface area contributed by atoms with E-state index in [2.05, 4.69) is 0 Å². The Morgan fingerprint density at radius 3 is 2.11 bits per heavy atom. The van der Waals surface area contributed by atoms with Crippen molar-refractivity contribution in [3.05, 3.63) is 35.4 Å². The van der Waals surface area contributed by atoms with Gasteiger partial charge in [-0.3, -0.25) is 0 Å². The monoisotopic (exact) mass is 268 g/mol. The minimum atomic E-state index is -5.56. The van der Waals surface area contributed by atoms with Gasteiger partial charge in [0.25, 0.3) is 0 Å². The zero-order valence-electron chi connectivity index (χ0n) is 9.89. The van der Waals surface area contributed by atoms with Crippen molar-refractivity contribution in [2.75, 3.05) is 7.11 Å². The molecule has 1 aromatic carbocycles. The third-order valence-corrected chi connectivity index (χ3v) is 2.68. The summed E-state index contributed by atoms with van der Waals surface area (Å²) in [6.45, 7) is 1.63. The maximum absolute atomic E-state index is 13.0. The lowest BCUT2D eigenvalue weighted by molar-refractivity contribution is -0.291. The highest BCUT2D eigenvalue weighted by molar-refractivity contribution is 5.28. The van der Waals surface area contributed by atoms with E-state index < -0.39 is 24.6 Å². The molecule has 0 N–H and O–H groups in total. The van der Waals surface area contributed by atoms with Crippen LogP contribution in [0.25, 0.3) is 0 Å². The molecule has 18 heavy (non-hydrogen) atoms. The molecule has 0 spiro atoms. The van der Waals surface area contributed by atoms with E-state index in [-0.39, 0.29) is 0 Å². The molecule has 0 radical (unpaired) electrons. The highest BCUT2D eigenvalue weighted by atomic mass is 19.4. The van der Waals surface area contributed by atoms with Gasteiger partial charge in [-0.25, -0.2) is 0 Å². The quantitative estimate of drug-likeness (QED) is 0.741. The molecule has 6 heteroatoms. The molecule has 0 aromatic heterocycles. The summed E-state index contributed by atoms with van der Waals surface area (Å²) >= 11 is 0. The van der Waals surface area contributed by atoms with Gasteiger partial charge < -0.3 is 4.74 Å². The van der Waals surface area contributed by atoms with Crippen LogP contribution in [-0.2, 0) is 4.74 Å². The van der Waals surface area contributed by atoms with E-state index >= 15 is 0 Å². The van der Waals surface area contributed by atoms with Crippen molar-refractivity contribution in [2.24, 2.45) is 0 Å². The summed E-state index contributed by atoms with van der Waals surface area (Å²) in [5.74, 6) is -4.77. The fourth-order valence-electron chi connectivity index (χ4n) is 1.62. The number of aryl methyl sites for hydroxylation is 1. The van der Waals surface area contributed by atoms with Crippen LogP contribution in [0, 0.1) is 6.92 Å². The fraction of sp³-hybridized carbons (Fsp3) is 0.500. The van der Waals surface area contributed by atoms with Crippen LogP contribution in [0.1, 0.15) is 23.7 Å². The van der Waals surface area contributed by atoms with E-state index in [1.54, 1.807) is 25.1 Å². The molecule has 0 saturated carbocycles. The van der Waals surface area contributed by atoms with Gasteiger partial charge >= 0.3 is 12.1 Å². The minimum absolute atomic E-state index is 0.337. The largest absolute Gasteiger partial charge is 0.453 e. The van der Waals surface area contributed by atoms with Crippen LogP contribution in [0.3, 0.4) is 0 Å². The Morgan fingerprint density at radius 2 is 1.67 bits per heavy atom. The van der Waals surface area contributed by atoms with Crippen LogP contribution in [0.2, 0.25) is 0 Å². The van der Waals surface area contributed by atoms with Crippen molar-refractivity contribution in [1.29, 1.82) is 0 Å². The van der Waals surface area contributed by atoms with Crippen LogP contribution < -0.4 is 0 Å². The molecule has 0 aliphatic heterocycles. The smallest absolute Gasteiger partial charge is 0.377 e. The van der Waals surface area contributed by atoms with Gasteiger partial charge in [0.2, 0.25) is 0 Å². The summed E-state index contributed by atoms with van der Waals surface area (Å²) in [7, 11) is 1.11. The maximum atomic E-state index is 13.0. The number of benzene rings is 1. The predicted molar refractivity (Wildman–Crippen MR) is 56.5 cm³/mol. The van der Waals surface area contributed by atoms with E-state index in [1.807, 2.05) is 0 Å². The van der Waals surface area contributed by atoms with Gasteiger partial charge in [0.05, 0.1) is 12.5 Å². The molecular formula is C12H13F5O. The molecule has 102 valence electrons. The highest BCUT2D eigenvalue weighted by Crippen LogP contribution is 2.42. The Kier molecular flexibility index (Phi) is 4.32. The van der Waals surface area contributed by atoms with Crippen molar-refractivity contribution in [2.45, 2.75) is 31.5 Å². The van der Waals surface area contributed by atoms with Crippen molar-refractivity contribution in [3.8, 4) is 0 Å². The summed E-state index contributed by atoms with van der Waals surface area (Å²) in [5, 5.41) is 0. The van der Waals surface area contributed by atoms with Crippen LogP contribution in [0.5, 0.6) is 0 Å². The second-order valence-electron chi connectivity index (χ2n) is 3.99. The van der Waals surface area contributed by atoms with Crippen LogP contribution >= 0.6 is 0 Å². The first-order valence-electron chi connectivity index (χ1n) is 5.22. The Hall–Kier alpha value is -1.17. The van der Waals surface area contributed by atoms with Gasteiger partial charge in [-0.1, -0.05) is 24.3 Å². The van der Waals surface area contributed by atoms with Gasteiger partial charge in [0.1, 0.15) is 0 Å². The number of hydrogen-bond acceptors (Lipinski definition) is 1. The van der Waals surface area contributed by atoms with E-state index in [0.29, 0.717) is 11.1 Å².